The predicted octanol–water partition coefficient (Wildman–Crippen LogP) is 3.38. The highest BCUT2D eigenvalue weighted by atomic mass is 16.5. The van der Waals surface area contributed by atoms with Crippen LogP contribution in [0.1, 0.15) is 0 Å². The van der Waals surface area contributed by atoms with E-state index >= 15 is 0 Å². The van der Waals surface area contributed by atoms with Crippen LogP contribution in [0.5, 0.6) is 5.75 Å². The van der Waals surface area contributed by atoms with Crippen molar-refractivity contribution in [2.24, 2.45) is 0 Å². The van der Waals surface area contributed by atoms with Crippen molar-refractivity contribution in [2.45, 2.75) is 0 Å². The summed E-state index contributed by atoms with van der Waals surface area (Å²) < 4.78 is 12.7. The number of nitrogens with zero attached hydrogens (tertiary/aromatic N) is 5. The Kier molecular flexibility index (Phi) is 4.90. The third-order valence-electron chi connectivity index (χ3n) is 5.18. The Hall–Kier alpha value is -3.65. The molecule has 4 aromatic rings. The fraction of sp³-hybridized carbons (Fsp3) is 0.227. The fourth-order valence-electron chi connectivity index (χ4n) is 3.62. The first-order chi connectivity index (χ1) is 14.8. The molecule has 1 aromatic carbocycles. The molecule has 0 amide bonds. The predicted molar refractivity (Wildman–Crippen MR) is 116 cm³/mol. The van der Waals surface area contributed by atoms with Gasteiger partial charge in [0.1, 0.15) is 5.75 Å². The minimum Gasteiger partial charge on any atom is -0.496 e. The number of ether oxygens (including phenoxy) is 2. The summed E-state index contributed by atoms with van der Waals surface area (Å²) in [5, 5.41) is 7.97. The normalized spacial score (nSPS) is 14.1. The molecule has 5 rings (SSSR count). The van der Waals surface area contributed by atoms with Gasteiger partial charge >= 0.3 is 0 Å². The molecule has 0 saturated carbocycles. The van der Waals surface area contributed by atoms with Crippen molar-refractivity contribution in [3.63, 3.8) is 0 Å². The number of fused-ring (bicyclic) bond motifs is 1. The molecule has 8 nitrogen and oxygen atoms in total. The van der Waals surface area contributed by atoms with Gasteiger partial charge in [-0.15, -0.1) is 5.10 Å². The highest BCUT2D eigenvalue weighted by molar-refractivity contribution is 5.71. The highest BCUT2D eigenvalue weighted by Crippen LogP contribution is 2.30. The smallest absolute Gasteiger partial charge is 0.245 e. The number of hydrogen-bond acceptors (Lipinski definition) is 7. The molecule has 1 aliphatic rings. The summed E-state index contributed by atoms with van der Waals surface area (Å²) in [7, 11) is 1.65. The van der Waals surface area contributed by atoms with Crippen molar-refractivity contribution in [1.29, 1.82) is 0 Å². The molecule has 8 heteroatoms. The van der Waals surface area contributed by atoms with E-state index < -0.39 is 0 Å². The largest absolute Gasteiger partial charge is 0.496 e. The van der Waals surface area contributed by atoms with Crippen LogP contribution in [0, 0.1) is 0 Å². The minimum absolute atomic E-state index is 0.516. The molecule has 0 atom stereocenters. The maximum absolute atomic E-state index is 5.48. The molecule has 0 unspecified atom stereocenters. The lowest BCUT2D eigenvalue weighted by Crippen LogP contribution is -2.36. The van der Waals surface area contributed by atoms with E-state index in [1.807, 2.05) is 34.8 Å². The lowest BCUT2D eigenvalue weighted by molar-refractivity contribution is 0.122. The second kappa shape index (κ2) is 8.00. The molecule has 1 saturated heterocycles. The molecule has 0 radical (unpaired) electrons. The summed E-state index contributed by atoms with van der Waals surface area (Å²) in [5.74, 6) is 1.26. The molecule has 1 fully saturated rings. The van der Waals surface area contributed by atoms with Gasteiger partial charge in [0.15, 0.2) is 0 Å². The Morgan fingerprint density at radius 2 is 1.83 bits per heavy atom. The SMILES string of the molecule is COc1ccncc1-c1ccc2cnc(Nc3ccc(N4CCOCC4)cc3)nn12. The number of rotatable bonds is 5. The summed E-state index contributed by atoms with van der Waals surface area (Å²) in [6, 6.07) is 14.1. The zero-order chi connectivity index (χ0) is 20.3. The van der Waals surface area contributed by atoms with Crippen molar-refractivity contribution in [2.75, 3.05) is 43.6 Å². The van der Waals surface area contributed by atoms with Gasteiger partial charge in [0.05, 0.1) is 43.3 Å². The van der Waals surface area contributed by atoms with Crippen LogP contribution in [0.25, 0.3) is 16.8 Å². The van der Waals surface area contributed by atoms with Gasteiger partial charge in [-0.3, -0.25) is 4.98 Å². The number of benzene rings is 1. The zero-order valence-electron chi connectivity index (χ0n) is 16.7. The first-order valence-electron chi connectivity index (χ1n) is 9.85. The second-order valence-electron chi connectivity index (χ2n) is 6.98. The molecule has 4 heterocycles. The van der Waals surface area contributed by atoms with Gasteiger partial charge in [0.2, 0.25) is 5.95 Å². The van der Waals surface area contributed by atoms with Gasteiger partial charge in [-0.05, 0) is 42.5 Å². The Bertz CT molecular complexity index is 1150. The van der Waals surface area contributed by atoms with E-state index in [-0.39, 0.29) is 0 Å². The Balaban J connectivity index is 1.41. The van der Waals surface area contributed by atoms with E-state index in [4.69, 9.17) is 9.47 Å². The molecule has 152 valence electrons. The van der Waals surface area contributed by atoms with Crippen LogP contribution in [0.15, 0.2) is 61.1 Å². The topological polar surface area (TPSA) is 76.8 Å². The van der Waals surface area contributed by atoms with Gasteiger partial charge in [-0.1, -0.05) is 0 Å². The van der Waals surface area contributed by atoms with Gasteiger partial charge in [-0.2, -0.15) is 0 Å². The van der Waals surface area contributed by atoms with Crippen LogP contribution in [-0.4, -0.2) is 53.0 Å². The monoisotopic (exact) mass is 402 g/mol. The number of morpholine rings is 1. The van der Waals surface area contributed by atoms with Gasteiger partial charge < -0.3 is 19.7 Å². The standard InChI is InChI=1S/C22H22N6O2/c1-29-21-8-9-23-15-19(21)20-7-6-18-14-24-22(26-28(18)20)25-16-2-4-17(5-3-16)27-10-12-30-13-11-27/h2-9,14-15H,10-13H2,1H3,(H,25,26). The maximum atomic E-state index is 5.48. The molecule has 0 spiro atoms. The van der Waals surface area contributed by atoms with E-state index in [1.165, 1.54) is 5.69 Å². The third-order valence-corrected chi connectivity index (χ3v) is 5.18. The van der Waals surface area contributed by atoms with E-state index in [0.29, 0.717) is 5.95 Å². The number of hydrogen-bond donors (Lipinski definition) is 1. The molecular weight excluding hydrogens is 380 g/mol. The zero-order valence-corrected chi connectivity index (χ0v) is 16.7. The molecule has 1 N–H and O–H groups in total. The van der Waals surface area contributed by atoms with E-state index in [9.17, 15) is 0 Å². The fourth-order valence-corrected chi connectivity index (χ4v) is 3.62. The highest BCUT2D eigenvalue weighted by Gasteiger charge is 2.13. The number of methoxy groups -OCH3 is 1. The van der Waals surface area contributed by atoms with E-state index in [2.05, 4.69) is 37.4 Å². The third kappa shape index (κ3) is 3.53. The van der Waals surface area contributed by atoms with Crippen molar-refractivity contribution in [3.8, 4) is 17.0 Å². The first-order valence-corrected chi connectivity index (χ1v) is 9.85. The molecule has 0 aliphatic carbocycles. The van der Waals surface area contributed by atoms with Crippen LogP contribution in [0.2, 0.25) is 0 Å². The number of nitrogens with one attached hydrogen (secondary N) is 1. The lowest BCUT2D eigenvalue weighted by Gasteiger charge is -2.28. The van der Waals surface area contributed by atoms with Crippen LogP contribution >= 0.6 is 0 Å². The average molecular weight is 402 g/mol. The van der Waals surface area contributed by atoms with Crippen molar-refractivity contribution in [3.05, 3.63) is 61.1 Å². The van der Waals surface area contributed by atoms with Crippen LogP contribution in [-0.2, 0) is 4.74 Å². The number of pyridine rings is 1. The molecule has 3 aromatic heterocycles. The van der Waals surface area contributed by atoms with Gasteiger partial charge in [0, 0.05) is 36.9 Å². The summed E-state index contributed by atoms with van der Waals surface area (Å²) in [6.45, 7) is 3.38. The summed E-state index contributed by atoms with van der Waals surface area (Å²) >= 11 is 0. The first kappa shape index (κ1) is 18.4. The van der Waals surface area contributed by atoms with E-state index in [1.54, 1.807) is 25.7 Å². The molecular formula is C22H22N6O2. The molecule has 1 aliphatic heterocycles. The summed E-state index contributed by atoms with van der Waals surface area (Å²) in [4.78, 5) is 11.0. The maximum Gasteiger partial charge on any atom is 0.245 e. The summed E-state index contributed by atoms with van der Waals surface area (Å²) in [5.41, 5.74) is 4.78. The Morgan fingerprint density at radius 3 is 2.63 bits per heavy atom. The average Bonchev–Trinajstić information content (AvgIpc) is 3.23. The quantitative estimate of drug-likeness (QED) is 0.548. The Morgan fingerprint density at radius 1 is 1.00 bits per heavy atom. The summed E-state index contributed by atoms with van der Waals surface area (Å²) in [6.07, 6.45) is 5.28. The van der Waals surface area contributed by atoms with Crippen LogP contribution < -0.4 is 15.0 Å². The number of anilines is 3. The minimum atomic E-state index is 0.516. The van der Waals surface area contributed by atoms with Gasteiger partial charge in [-0.25, -0.2) is 9.50 Å². The number of aromatic nitrogens is 4. The second-order valence-corrected chi connectivity index (χ2v) is 6.98. The van der Waals surface area contributed by atoms with Crippen molar-refractivity contribution < 1.29 is 9.47 Å². The Labute approximate surface area is 174 Å². The van der Waals surface area contributed by atoms with Gasteiger partial charge in [0.25, 0.3) is 0 Å². The van der Waals surface area contributed by atoms with E-state index in [0.717, 1.165) is 54.5 Å². The molecule has 0 bridgehead atoms. The van der Waals surface area contributed by atoms with Crippen molar-refractivity contribution in [1.82, 2.24) is 19.6 Å². The lowest BCUT2D eigenvalue weighted by atomic mass is 10.2. The molecule has 30 heavy (non-hydrogen) atoms. The van der Waals surface area contributed by atoms with Crippen LogP contribution in [0.4, 0.5) is 17.3 Å². The van der Waals surface area contributed by atoms with Crippen LogP contribution in [0.3, 0.4) is 0 Å². The van der Waals surface area contributed by atoms with Crippen molar-refractivity contribution >= 4 is 22.8 Å².